The zero-order valence-corrected chi connectivity index (χ0v) is 19.0. The molecule has 1 aliphatic heterocycles. The average molecular weight is 421 g/mol. The Morgan fingerprint density at radius 1 is 1.21 bits per heavy atom. The predicted octanol–water partition coefficient (Wildman–Crippen LogP) is 4.44. The van der Waals surface area contributed by atoms with Crippen LogP contribution in [0.15, 0.2) is 24.3 Å². The van der Waals surface area contributed by atoms with Crippen LogP contribution in [-0.4, -0.2) is 61.5 Å². The molecular formula is C24H37ClN2O2. The lowest BCUT2D eigenvalue weighted by atomic mass is 9.70. The minimum absolute atomic E-state index is 0.305. The summed E-state index contributed by atoms with van der Waals surface area (Å²) in [6, 6.07) is 8.06. The van der Waals surface area contributed by atoms with Gasteiger partial charge in [-0.05, 0) is 60.6 Å². The Bertz CT molecular complexity index is 704. The number of aliphatic hydroxyl groups excluding tert-OH is 1. The predicted molar refractivity (Wildman–Crippen MR) is 120 cm³/mol. The van der Waals surface area contributed by atoms with Crippen molar-refractivity contribution in [3.63, 3.8) is 0 Å². The summed E-state index contributed by atoms with van der Waals surface area (Å²) in [5, 5.41) is 11.3. The van der Waals surface area contributed by atoms with Crippen molar-refractivity contribution in [2.45, 2.75) is 58.7 Å². The van der Waals surface area contributed by atoms with Crippen LogP contribution in [0.5, 0.6) is 0 Å². The van der Waals surface area contributed by atoms with Crippen molar-refractivity contribution in [3.05, 3.63) is 29.3 Å². The highest BCUT2D eigenvalue weighted by Gasteiger charge is 2.61. The summed E-state index contributed by atoms with van der Waals surface area (Å²) < 4.78 is 6.32. The molecule has 162 valence electrons. The van der Waals surface area contributed by atoms with Gasteiger partial charge in [0.2, 0.25) is 0 Å². The van der Waals surface area contributed by atoms with E-state index in [4.69, 9.17) is 16.3 Å². The number of hydrogen-bond acceptors (Lipinski definition) is 4. The molecule has 1 N–H and O–H groups in total. The standard InChI is InChI=1S/C24H37ClN2O2/c1-23(2)18-7-9-24(23,3)22(15-18)29-14-8-21(28)17-26-10-12-27(13-11-26)20-6-4-5-19(25)16-20/h4-6,16,18,21-22,28H,7-15,17H2,1-3H3/t18-,21+,22-,24+/m1/s1. The number of hydrogen-bond donors (Lipinski definition) is 1. The molecule has 29 heavy (non-hydrogen) atoms. The van der Waals surface area contributed by atoms with Crippen LogP contribution < -0.4 is 4.90 Å². The van der Waals surface area contributed by atoms with Gasteiger partial charge in [-0.1, -0.05) is 38.4 Å². The molecule has 0 amide bonds. The zero-order valence-electron chi connectivity index (χ0n) is 18.2. The van der Waals surface area contributed by atoms with E-state index in [1.54, 1.807) is 0 Å². The maximum absolute atomic E-state index is 10.5. The van der Waals surface area contributed by atoms with Gasteiger partial charge in [-0.2, -0.15) is 0 Å². The average Bonchev–Trinajstić information content (AvgIpc) is 3.02. The molecule has 1 aromatic rings. The smallest absolute Gasteiger partial charge is 0.0689 e. The van der Waals surface area contributed by atoms with Gasteiger partial charge >= 0.3 is 0 Å². The number of anilines is 1. The first-order valence-electron chi connectivity index (χ1n) is 11.3. The van der Waals surface area contributed by atoms with Gasteiger partial charge < -0.3 is 14.7 Å². The molecule has 2 saturated carbocycles. The van der Waals surface area contributed by atoms with Crippen LogP contribution >= 0.6 is 11.6 Å². The fourth-order valence-electron chi connectivity index (χ4n) is 5.98. The third kappa shape index (κ3) is 4.19. The molecule has 2 bridgehead atoms. The van der Waals surface area contributed by atoms with Gasteiger partial charge in [-0.15, -0.1) is 0 Å². The summed E-state index contributed by atoms with van der Waals surface area (Å²) in [4.78, 5) is 4.74. The fraction of sp³-hybridized carbons (Fsp3) is 0.750. The molecule has 3 aliphatic rings. The summed E-state index contributed by atoms with van der Waals surface area (Å²) in [7, 11) is 0. The maximum atomic E-state index is 10.5. The van der Waals surface area contributed by atoms with Crippen molar-refractivity contribution >= 4 is 17.3 Å². The second-order valence-corrected chi connectivity index (χ2v) is 10.6. The van der Waals surface area contributed by atoms with Gasteiger partial charge in [0.1, 0.15) is 0 Å². The highest BCUT2D eigenvalue weighted by Crippen LogP contribution is 2.66. The van der Waals surface area contributed by atoms with Gasteiger partial charge in [0.05, 0.1) is 12.2 Å². The van der Waals surface area contributed by atoms with Crippen molar-refractivity contribution in [3.8, 4) is 0 Å². The number of ether oxygens (including phenoxy) is 1. The Hall–Kier alpha value is -0.810. The molecule has 3 fully saturated rings. The molecule has 4 atom stereocenters. The minimum Gasteiger partial charge on any atom is -0.392 e. The molecule has 4 rings (SSSR count). The molecule has 0 aromatic heterocycles. The Labute approximate surface area is 181 Å². The number of nitrogens with zero attached hydrogens (tertiary/aromatic N) is 2. The van der Waals surface area contributed by atoms with Gasteiger partial charge in [-0.3, -0.25) is 4.90 Å². The quantitative estimate of drug-likeness (QED) is 0.707. The number of β-amino-alcohol motifs (C(OH)–C–C–N with tert-alkyl or cyclic N) is 1. The number of halogens is 1. The molecule has 0 radical (unpaired) electrons. The number of aliphatic hydroxyl groups is 1. The van der Waals surface area contributed by atoms with E-state index in [2.05, 4.69) is 36.6 Å². The number of piperazine rings is 1. The Balaban J connectivity index is 1.17. The molecule has 1 aromatic carbocycles. The highest BCUT2D eigenvalue weighted by molar-refractivity contribution is 6.30. The second-order valence-electron chi connectivity index (χ2n) is 10.2. The molecular weight excluding hydrogens is 384 g/mol. The van der Waals surface area contributed by atoms with Gasteiger partial charge in [-0.25, -0.2) is 0 Å². The third-order valence-corrected chi connectivity index (χ3v) is 8.73. The van der Waals surface area contributed by atoms with E-state index in [0.29, 0.717) is 23.5 Å². The summed E-state index contributed by atoms with van der Waals surface area (Å²) in [6.07, 6.45) is 4.62. The van der Waals surface area contributed by atoms with Crippen molar-refractivity contribution in [1.29, 1.82) is 0 Å². The second kappa shape index (κ2) is 8.37. The van der Waals surface area contributed by atoms with E-state index in [0.717, 1.165) is 50.1 Å². The minimum atomic E-state index is -0.313. The van der Waals surface area contributed by atoms with E-state index in [1.165, 1.54) is 24.9 Å². The Morgan fingerprint density at radius 3 is 2.59 bits per heavy atom. The number of rotatable bonds is 7. The molecule has 4 nitrogen and oxygen atoms in total. The molecule has 1 heterocycles. The topological polar surface area (TPSA) is 35.9 Å². The molecule has 1 saturated heterocycles. The molecule has 5 heteroatoms. The van der Waals surface area contributed by atoms with E-state index >= 15 is 0 Å². The van der Waals surface area contributed by atoms with Gasteiger partial charge in [0.15, 0.2) is 0 Å². The maximum Gasteiger partial charge on any atom is 0.0689 e. The van der Waals surface area contributed by atoms with Gasteiger partial charge in [0, 0.05) is 50.0 Å². The van der Waals surface area contributed by atoms with Crippen LogP contribution in [0.2, 0.25) is 5.02 Å². The van der Waals surface area contributed by atoms with Crippen molar-refractivity contribution in [2.75, 3.05) is 44.2 Å². The zero-order chi connectivity index (χ0) is 20.6. The lowest BCUT2D eigenvalue weighted by molar-refractivity contribution is -0.0564. The van der Waals surface area contributed by atoms with Crippen LogP contribution in [0, 0.1) is 16.7 Å². The van der Waals surface area contributed by atoms with E-state index in [1.807, 2.05) is 18.2 Å². The van der Waals surface area contributed by atoms with Crippen LogP contribution in [0.1, 0.15) is 46.5 Å². The highest BCUT2D eigenvalue weighted by atomic mass is 35.5. The first-order chi connectivity index (χ1) is 13.8. The Morgan fingerprint density at radius 2 is 1.97 bits per heavy atom. The molecule has 0 unspecified atom stereocenters. The number of benzene rings is 1. The van der Waals surface area contributed by atoms with Crippen LogP contribution in [0.4, 0.5) is 5.69 Å². The first kappa shape index (κ1) is 21.4. The summed E-state index contributed by atoms with van der Waals surface area (Å²) in [5.74, 6) is 0.804. The number of fused-ring (bicyclic) bond motifs is 2. The Kier molecular flexibility index (Phi) is 6.19. The lowest BCUT2D eigenvalue weighted by Gasteiger charge is -2.39. The van der Waals surface area contributed by atoms with Crippen LogP contribution in [-0.2, 0) is 4.74 Å². The van der Waals surface area contributed by atoms with Crippen molar-refractivity contribution in [1.82, 2.24) is 4.90 Å². The normalized spacial score (nSPS) is 32.7. The summed E-state index contributed by atoms with van der Waals surface area (Å²) in [6.45, 7) is 12.6. The summed E-state index contributed by atoms with van der Waals surface area (Å²) in [5.41, 5.74) is 1.88. The first-order valence-corrected chi connectivity index (χ1v) is 11.7. The fourth-order valence-corrected chi connectivity index (χ4v) is 6.16. The largest absolute Gasteiger partial charge is 0.392 e. The van der Waals surface area contributed by atoms with E-state index in [9.17, 15) is 5.11 Å². The third-order valence-electron chi connectivity index (χ3n) is 8.50. The monoisotopic (exact) mass is 420 g/mol. The van der Waals surface area contributed by atoms with E-state index < -0.39 is 0 Å². The van der Waals surface area contributed by atoms with Crippen molar-refractivity contribution in [2.24, 2.45) is 16.7 Å². The molecule has 2 aliphatic carbocycles. The van der Waals surface area contributed by atoms with Crippen LogP contribution in [0.25, 0.3) is 0 Å². The van der Waals surface area contributed by atoms with E-state index in [-0.39, 0.29) is 6.10 Å². The molecule has 0 spiro atoms. The van der Waals surface area contributed by atoms with Gasteiger partial charge in [0.25, 0.3) is 0 Å². The summed E-state index contributed by atoms with van der Waals surface area (Å²) >= 11 is 6.12. The SMILES string of the molecule is CC1(C)[C@@H]2CC[C@@]1(C)[C@H](OCC[C@H](O)CN1CCN(c3cccc(Cl)c3)CC1)C2. The van der Waals surface area contributed by atoms with Crippen molar-refractivity contribution < 1.29 is 9.84 Å². The van der Waals surface area contributed by atoms with Crippen LogP contribution in [0.3, 0.4) is 0 Å². The lowest BCUT2D eigenvalue weighted by Crippen LogP contribution is -2.48.